The maximum atomic E-state index is 5.70. The van der Waals surface area contributed by atoms with E-state index in [1.807, 2.05) is 0 Å². The molecular weight excluding hydrogens is 174 g/mol. The lowest BCUT2D eigenvalue weighted by atomic mass is 10.1. The van der Waals surface area contributed by atoms with Gasteiger partial charge in [-0.1, -0.05) is 6.92 Å². The zero-order valence-corrected chi connectivity index (χ0v) is 9.46. The number of rotatable bonds is 5. The van der Waals surface area contributed by atoms with Gasteiger partial charge in [0.2, 0.25) is 0 Å². The second kappa shape index (κ2) is 4.63. The highest BCUT2D eigenvalue weighted by Crippen LogP contribution is 2.34. The fraction of sp³-hybridized carbons (Fsp3) is 1.00. The predicted octanol–water partition coefficient (Wildman–Crippen LogP) is 2.33. The van der Waals surface area contributed by atoms with Crippen molar-refractivity contribution in [2.45, 2.75) is 64.1 Å². The molecule has 0 aromatic heterocycles. The summed E-state index contributed by atoms with van der Waals surface area (Å²) in [4.78, 5) is 0. The van der Waals surface area contributed by atoms with Crippen LogP contribution >= 0.6 is 0 Å². The molecule has 0 amide bonds. The first-order valence-corrected chi connectivity index (χ1v) is 6.19. The Morgan fingerprint density at radius 1 is 1.36 bits per heavy atom. The van der Waals surface area contributed by atoms with E-state index in [0.717, 1.165) is 18.6 Å². The Morgan fingerprint density at radius 3 is 2.64 bits per heavy atom. The second-order valence-electron chi connectivity index (χ2n) is 4.86. The van der Waals surface area contributed by atoms with Gasteiger partial charge >= 0.3 is 0 Å². The van der Waals surface area contributed by atoms with Crippen LogP contribution in [0.1, 0.15) is 46.0 Å². The van der Waals surface area contributed by atoms with Crippen LogP contribution in [0.2, 0.25) is 0 Å². The summed E-state index contributed by atoms with van der Waals surface area (Å²) in [6, 6.07) is 1.29. The summed E-state index contributed by atoms with van der Waals surface area (Å²) >= 11 is 0. The lowest BCUT2D eigenvalue weighted by Crippen LogP contribution is -2.44. The quantitative estimate of drug-likeness (QED) is 0.730. The van der Waals surface area contributed by atoms with E-state index >= 15 is 0 Å². The third-order valence-electron chi connectivity index (χ3n) is 3.63. The predicted molar refractivity (Wildman–Crippen MR) is 58.4 cm³/mol. The van der Waals surface area contributed by atoms with E-state index in [1.165, 1.54) is 32.1 Å². The highest BCUT2D eigenvalue weighted by molar-refractivity contribution is 4.89. The first kappa shape index (κ1) is 10.4. The number of ether oxygens (including phenoxy) is 1. The van der Waals surface area contributed by atoms with Gasteiger partial charge in [0, 0.05) is 18.7 Å². The van der Waals surface area contributed by atoms with Gasteiger partial charge in [0.1, 0.15) is 0 Å². The van der Waals surface area contributed by atoms with Gasteiger partial charge in [0.05, 0.1) is 6.10 Å². The van der Waals surface area contributed by atoms with Gasteiger partial charge < -0.3 is 10.1 Å². The van der Waals surface area contributed by atoms with E-state index in [-0.39, 0.29) is 0 Å². The first-order valence-electron chi connectivity index (χ1n) is 6.19. The fourth-order valence-corrected chi connectivity index (χ4v) is 2.53. The molecule has 0 spiro atoms. The Labute approximate surface area is 87.4 Å². The molecule has 82 valence electrons. The third kappa shape index (κ3) is 2.48. The molecule has 2 aliphatic rings. The zero-order chi connectivity index (χ0) is 9.97. The minimum atomic E-state index is 0.475. The summed E-state index contributed by atoms with van der Waals surface area (Å²) in [5, 5.41) is 3.75. The zero-order valence-electron chi connectivity index (χ0n) is 9.46. The van der Waals surface area contributed by atoms with Crippen LogP contribution in [0.25, 0.3) is 0 Å². The van der Waals surface area contributed by atoms with E-state index in [1.54, 1.807) is 0 Å². The molecule has 2 heteroatoms. The highest BCUT2D eigenvalue weighted by Gasteiger charge is 2.32. The van der Waals surface area contributed by atoms with E-state index in [4.69, 9.17) is 4.74 Å². The number of hydrogen-bond donors (Lipinski definition) is 1. The summed E-state index contributed by atoms with van der Waals surface area (Å²) in [6.45, 7) is 5.54. The van der Waals surface area contributed by atoms with Gasteiger partial charge in [-0.25, -0.2) is 0 Å². The van der Waals surface area contributed by atoms with Gasteiger partial charge in [-0.3, -0.25) is 0 Å². The molecule has 2 rings (SSSR count). The highest BCUT2D eigenvalue weighted by atomic mass is 16.5. The topological polar surface area (TPSA) is 21.3 Å². The molecule has 1 N–H and O–H groups in total. The molecular formula is C12H23NO. The van der Waals surface area contributed by atoms with Gasteiger partial charge in [-0.05, 0) is 44.9 Å². The van der Waals surface area contributed by atoms with Crippen LogP contribution in [0, 0.1) is 5.92 Å². The van der Waals surface area contributed by atoms with Gasteiger partial charge in [-0.2, -0.15) is 0 Å². The van der Waals surface area contributed by atoms with Crippen molar-refractivity contribution in [1.82, 2.24) is 5.32 Å². The number of hydrogen-bond acceptors (Lipinski definition) is 2. The van der Waals surface area contributed by atoms with Crippen molar-refractivity contribution in [3.63, 3.8) is 0 Å². The molecule has 1 saturated heterocycles. The second-order valence-corrected chi connectivity index (χ2v) is 4.86. The summed E-state index contributed by atoms with van der Waals surface area (Å²) in [7, 11) is 0. The Kier molecular flexibility index (Phi) is 3.45. The first-order chi connectivity index (χ1) is 6.81. The number of nitrogens with one attached hydrogen (secondary N) is 1. The molecule has 3 unspecified atom stereocenters. The lowest BCUT2D eigenvalue weighted by Gasteiger charge is -2.26. The summed E-state index contributed by atoms with van der Waals surface area (Å²) in [6.07, 6.45) is 7.10. The van der Waals surface area contributed by atoms with Gasteiger partial charge in [0.25, 0.3) is 0 Å². The summed E-state index contributed by atoms with van der Waals surface area (Å²) in [5.74, 6) is 0.962. The van der Waals surface area contributed by atoms with Gasteiger partial charge in [0.15, 0.2) is 0 Å². The largest absolute Gasteiger partial charge is 0.377 e. The minimum absolute atomic E-state index is 0.475. The van der Waals surface area contributed by atoms with E-state index < -0.39 is 0 Å². The van der Waals surface area contributed by atoms with Crippen LogP contribution in [0.15, 0.2) is 0 Å². The molecule has 3 atom stereocenters. The molecule has 1 aliphatic heterocycles. The summed E-state index contributed by atoms with van der Waals surface area (Å²) in [5.41, 5.74) is 0. The van der Waals surface area contributed by atoms with E-state index in [9.17, 15) is 0 Å². The van der Waals surface area contributed by atoms with Crippen molar-refractivity contribution < 1.29 is 4.74 Å². The maximum absolute atomic E-state index is 5.70. The van der Waals surface area contributed by atoms with Crippen molar-refractivity contribution in [3.8, 4) is 0 Å². The van der Waals surface area contributed by atoms with Crippen molar-refractivity contribution in [3.05, 3.63) is 0 Å². The molecule has 1 heterocycles. The maximum Gasteiger partial charge on any atom is 0.0726 e. The molecule has 1 aliphatic carbocycles. The van der Waals surface area contributed by atoms with Gasteiger partial charge in [-0.15, -0.1) is 0 Å². The molecule has 2 fully saturated rings. The SMILES string of the molecule is CCC(NC(C)C1CCCO1)C1CC1. The van der Waals surface area contributed by atoms with Crippen LogP contribution in [-0.2, 0) is 4.74 Å². The Bertz CT molecular complexity index is 173. The molecule has 0 bridgehead atoms. The van der Waals surface area contributed by atoms with Crippen molar-refractivity contribution >= 4 is 0 Å². The van der Waals surface area contributed by atoms with Crippen LogP contribution in [0.3, 0.4) is 0 Å². The Balaban J connectivity index is 1.76. The molecule has 0 aromatic rings. The monoisotopic (exact) mass is 197 g/mol. The van der Waals surface area contributed by atoms with Crippen molar-refractivity contribution in [2.75, 3.05) is 6.61 Å². The minimum Gasteiger partial charge on any atom is -0.377 e. The van der Waals surface area contributed by atoms with Crippen molar-refractivity contribution in [2.24, 2.45) is 5.92 Å². The van der Waals surface area contributed by atoms with Crippen LogP contribution in [0.5, 0.6) is 0 Å². The third-order valence-corrected chi connectivity index (χ3v) is 3.63. The Morgan fingerprint density at radius 2 is 2.14 bits per heavy atom. The normalized spacial score (nSPS) is 31.7. The van der Waals surface area contributed by atoms with Crippen LogP contribution in [0.4, 0.5) is 0 Å². The van der Waals surface area contributed by atoms with E-state index in [2.05, 4.69) is 19.2 Å². The lowest BCUT2D eigenvalue weighted by molar-refractivity contribution is 0.0783. The molecule has 2 nitrogen and oxygen atoms in total. The smallest absolute Gasteiger partial charge is 0.0726 e. The standard InChI is InChI=1S/C12H23NO/c1-3-11(10-6-7-10)13-9(2)12-5-4-8-14-12/h9-13H,3-8H2,1-2H3. The molecule has 14 heavy (non-hydrogen) atoms. The van der Waals surface area contributed by atoms with Crippen LogP contribution in [-0.4, -0.2) is 24.8 Å². The Hall–Kier alpha value is -0.0800. The average Bonchev–Trinajstić information content (AvgIpc) is 2.88. The molecule has 0 radical (unpaired) electrons. The summed E-state index contributed by atoms with van der Waals surface area (Å²) < 4.78 is 5.70. The van der Waals surface area contributed by atoms with Crippen molar-refractivity contribution in [1.29, 1.82) is 0 Å². The van der Waals surface area contributed by atoms with Crippen LogP contribution < -0.4 is 5.32 Å². The molecule has 1 saturated carbocycles. The molecule has 0 aromatic carbocycles. The average molecular weight is 197 g/mol. The fourth-order valence-electron chi connectivity index (χ4n) is 2.53. The van der Waals surface area contributed by atoms with E-state index in [0.29, 0.717) is 12.1 Å².